The maximum absolute atomic E-state index is 13.0. The number of carbonyl (C=O) groups is 2. The van der Waals surface area contributed by atoms with Crippen molar-refractivity contribution in [3.8, 4) is 5.75 Å². The van der Waals surface area contributed by atoms with Crippen LogP contribution in [0.1, 0.15) is 18.4 Å². The fraction of sp³-hybridized carbons (Fsp3) is 0.167. The van der Waals surface area contributed by atoms with Crippen molar-refractivity contribution in [3.63, 3.8) is 0 Å². The van der Waals surface area contributed by atoms with Gasteiger partial charge in [-0.25, -0.2) is 0 Å². The highest BCUT2D eigenvalue weighted by atomic mass is 79.9. The average molecular weight is 465 g/mol. The molecule has 1 fully saturated rings. The van der Waals surface area contributed by atoms with Crippen molar-refractivity contribution < 1.29 is 14.3 Å². The third-order valence-electron chi connectivity index (χ3n) is 5.08. The molecule has 4 rings (SSSR count). The zero-order valence-electron chi connectivity index (χ0n) is 16.2. The summed E-state index contributed by atoms with van der Waals surface area (Å²) in [4.78, 5) is 25.0. The van der Waals surface area contributed by atoms with Crippen LogP contribution in [0.25, 0.3) is 0 Å². The van der Waals surface area contributed by atoms with E-state index in [-0.39, 0.29) is 18.4 Å². The lowest BCUT2D eigenvalue weighted by molar-refractivity contribution is -0.119. The smallest absolute Gasteiger partial charge is 0.262 e. The van der Waals surface area contributed by atoms with Crippen molar-refractivity contribution in [1.29, 1.82) is 0 Å². The van der Waals surface area contributed by atoms with E-state index in [9.17, 15) is 9.59 Å². The van der Waals surface area contributed by atoms with E-state index in [2.05, 4.69) is 26.6 Å². The van der Waals surface area contributed by atoms with Crippen molar-refractivity contribution >= 4 is 39.1 Å². The van der Waals surface area contributed by atoms with Crippen molar-refractivity contribution in [2.75, 3.05) is 17.2 Å². The molecule has 0 saturated heterocycles. The van der Waals surface area contributed by atoms with Crippen LogP contribution < -0.4 is 15.4 Å². The number of anilines is 2. The molecule has 1 aliphatic rings. The van der Waals surface area contributed by atoms with E-state index in [1.165, 1.54) is 0 Å². The number of ether oxygens (including phenoxy) is 1. The van der Waals surface area contributed by atoms with E-state index >= 15 is 0 Å². The summed E-state index contributed by atoms with van der Waals surface area (Å²) in [6.07, 6.45) is 1.65. The molecule has 0 heterocycles. The molecular weight excluding hydrogens is 444 g/mol. The lowest BCUT2D eigenvalue weighted by Crippen LogP contribution is -2.27. The van der Waals surface area contributed by atoms with Gasteiger partial charge < -0.3 is 15.4 Å². The second kappa shape index (κ2) is 8.71. The van der Waals surface area contributed by atoms with Gasteiger partial charge in [-0.2, -0.15) is 0 Å². The molecule has 0 bridgehead atoms. The third kappa shape index (κ3) is 4.71. The molecule has 152 valence electrons. The lowest BCUT2D eigenvalue weighted by atomic mass is 9.95. The predicted molar refractivity (Wildman–Crippen MR) is 121 cm³/mol. The summed E-state index contributed by atoms with van der Waals surface area (Å²) in [5.74, 6) is 0.241. The van der Waals surface area contributed by atoms with Gasteiger partial charge in [0, 0.05) is 21.9 Å². The predicted octanol–water partition coefficient (Wildman–Crippen LogP) is 5.14. The van der Waals surface area contributed by atoms with Crippen molar-refractivity contribution in [2.24, 2.45) is 0 Å². The van der Waals surface area contributed by atoms with E-state index in [4.69, 9.17) is 4.74 Å². The van der Waals surface area contributed by atoms with Gasteiger partial charge in [-0.3, -0.25) is 9.59 Å². The van der Waals surface area contributed by atoms with E-state index in [1.54, 1.807) is 18.2 Å². The van der Waals surface area contributed by atoms with Crippen LogP contribution in [0.15, 0.2) is 83.3 Å². The Morgan fingerprint density at radius 1 is 0.867 bits per heavy atom. The first kappa shape index (κ1) is 20.2. The van der Waals surface area contributed by atoms with Crippen LogP contribution in [0.3, 0.4) is 0 Å². The summed E-state index contributed by atoms with van der Waals surface area (Å²) in [7, 11) is 0. The Kier molecular flexibility index (Phi) is 5.86. The Bertz CT molecular complexity index is 1060. The minimum Gasteiger partial charge on any atom is -0.484 e. The summed E-state index contributed by atoms with van der Waals surface area (Å²) in [5.41, 5.74) is 1.90. The third-order valence-corrected chi connectivity index (χ3v) is 5.57. The fourth-order valence-electron chi connectivity index (χ4n) is 3.34. The zero-order chi connectivity index (χ0) is 21.0. The van der Waals surface area contributed by atoms with Crippen molar-refractivity contribution in [2.45, 2.75) is 18.3 Å². The largest absolute Gasteiger partial charge is 0.484 e. The number of hydrogen-bond acceptors (Lipinski definition) is 3. The van der Waals surface area contributed by atoms with Crippen LogP contribution >= 0.6 is 15.9 Å². The standard InChI is InChI=1S/C24H21BrN2O3/c25-18-7-4-6-17(14-18)24(12-13-24)23(29)27-20-10-5-11-21(15-20)30-16-22(28)26-19-8-2-1-3-9-19/h1-11,14-15H,12-13,16H2,(H,26,28)(H,27,29). The van der Waals surface area contributed by atoms with Gasteiger partial charge in [0.2, 0.25) is 5.91 Å². The first-order valence-corrected chi connectivity index (χ1v) is 10.5. The van der Waals surface area contributed by atoms with E-state index in [1.807, 2.05) is 60.7 Å². The molecule has 0 aromatic heterocycles. The van der Waals surface area contributed by atoms with Gasteiger partial charge in [0.1, 0.15) is 5.75 Å². The highest BCUT2D eigenvalue weighted by Gasteiger charge is 2.51. The normalized spacial score (nSPS) is 13.9. The van der Waals surface area contributed by atoms with Gasteiger partial charge in [-0.1, -0.05) is 52.3 Å². The molecule has 0 aliphatic heterocycles. The van der Waals surface area contributed by atoms with Gasteiger partial charge in [-0.05, 0) is 54.8 Å². The number of carbonyl (C=O) groups excluding carboxylic acids is 2. The molecule has 0 atom stereocenters. The molecule has 30 heavy (non-hydrogen) atoms. The summed E-state index contributed by atoms with van der Waals surface area (Å²) in [5, 5.41) is 5.77. The maximum atomic E-state index is 13.0. The quantitative estimate of drug-likeness (QED) is 0.508. The lowest BCUT2D eigenvalue weighted by Gasteiger charge is -2.16. The molecule has 0 unspecified atom stereocenters. The highest BCUT2D eigenvalue weighted by Crippen LogP contribution is 2.49. The SMILES string of the molecule is O=C(COc1cccc(NC(=O)C2(c3cccc(Br)c3)CC2)c1)Nc1ccccc1. The van der Waals surface area contributed by atoms with Gasteiger partial charge in [0.25, 0.3) is 5.91 Å². The van der Waals surface area contributed by atoms with E-state index < -0.39 is 5.41 Å². The maximum Gasteiger partial charge on any atom is 0.262 e. The molecule has 3 aromatic rings. The number of amides is 2. The molecule has 2 amide bonds. The van der Waals surface area contributed by atoms with Crippen LogP contribution in [0, 0.1) is 0 Å². The first-order valence-electron chi connectivity index (χ1n) is 9.70. The summed E-state index contributed by atoms with van der Waals surface area (Å²) in [6.45, 7) is -0.117. The zero-order valence-corrected chi connectivity index (χ0v) is 17.8. The van der Waals surface area contributed by atoms with Crippen LogP contribution in [0.5, 0.6) is 5.75 Å². The van der Waals surface area contributed by atoms with Gasteiger partial charge in [0.05, 0.1) is 5.41 Å². The Labute approximate surface area is 183 Å². The minimum atomic E-state index is -0.476. The molecule has 1 saturated carbocycles. The Morgan fingerprint density at radius 3 is 2.33 bits per heavy atom. The second-order valence-electron chi connectivity index (χ2n) is 7.28. The molecule has 0 radical (unpaired) electrons. The van der Waals surface area contributed by atoms with Gasteiger partial charge in [0.15, 0.2) is 6.61 Å². The molecule has 5 nitrogen and oxygen atoms in total. The Hall–Kier alpha value is -3.12. The topological polar surface area (TPSA) is 67.4 Å². The average Bonchev–Trinajstić information content (AvgIpc) is 3.56. The minimum absolute atomic E-state index is 0.0282. The van der Waals surface area contributed by atoms with E-state index in [0.29, 0.717) is 11.4 Å². The number of benzene rings is 3. The second-order valence-corrected chi connectivity index (χ2v) is 8.19. The van der Waals surface area contributed by atoms with Crippen LogP contribution in [0.4, 0.5) is 11.4 Å². The fourth-order valence-corrected chi connectivity index (χ4v) is 3.74. The van der Waals surface area contributed by atoms with Gasteiger partial charge in [-0.15, -0.1) is 0 Å². The molecule has 1 aliphatic carbocycles. The number of rotatable bonds is 7. The summed E-state index contributed by atoms with van der Waals surface area (Å²) < 4.78 is 6.56. The van der Waals surface area contributed by atoms with E-state index in [0.717, 1.165) is 28.6 Å². The molecule has 0 spiro atoms. The monoisotopic (exact) mass is 464 g/mol. The summed E-state index contributed by atoms with van der Waals surface area (Å²) in [6, 6.07) is 24.2. The molecule has 3 aromatic carbocycles. The highest BCUT2D eigenvalue weighted by molar-refractivity contribution is 9.10. The molecule has 2 N–H and O–H groups in total. The Balaban J connectivity index is 1.36. The molecule has 6 heteroatoms. The molecular formula is C24H21BrN2O3. The number of hydrogen-bond donors (Lipinski definition) is 2. The number of para-hydroxylation sites is 1. The summed E-state index contributed by atoms with van der Waals surface area (Å²) >= 11 is 3.48. The van der Waals surface area contributed by atoms with Crippen molar-refractivity contribution in [3.05, 3.63) is 88.9 Å². The Morgan fingerprint density at radius 2 is 1.60 bits per heavy atom. The van der Waals surface area contributed by atoms with Gasteiger partial charge >= 0.3 is 0 Å². The number of nitrogens with one attached hydrogen (secondary N) is 2. The number of halogens is 1. The first-order chi connectivity index (χ1) is 14.5. The van der Waals surface area contributed by atoms with Crippen LogP contribution in [0.2, 0.25) is 0 Å². The van der Waals surface area contributed by atoms with Crippen LogP contribution in [-0.4, -0.2) is 18.4 Å². The van der Waals surface area contributed by atoms with Crippen LogP contribution in [-0.2, 0) is 15.0 Å². The van der Waals surface area contributed by atoms with Crippen molar-refractivity contribution in [1.82, 2.24) is 0 Å².